The predicted octanol–water partition coefficient (Wildman–Crippen LogP) is 2.95. The summed E-state index contributed by atoms with van der Waals surface area (Å²) in [6.07, 6.45) is 0.820. The number of nitrogens with one attached hydrogen (secondary N) is 2. The Balaban J connectivity index is 2.77. The van der Waals surface area contributed by atoms with Crippen LogP contribution in [0.15, 0.2) is 12.1 Å². The predicted molar refractivity (Wildman–Crippen MR) is 87.7 cm³/mol. The van der Waals surface area contributed by atoms with Gasteiger partial charge in [0.2, 0.25) is 0 Å². The van der Waals surface area contributed by atoms with Gasteiger partial charge in [0.15, 0.2) is 0 Å². The van der Waals surface area contributed by atoms with Gasteiger partial charge in [0.1, 0.15) is 5.82 Å². The zero-order chi connectivity index (χ0) is 15.0. The molecule has 1 aromatic rings. The molecule has 20 heavy (non-hydrogen) atoms. The van der Waals surface area contributed by atoms with Crippen molar-refractivity contribution in [2.75, 3.05) is 23.4 Å². The van der Waals surface area contributed by atoms with Gasteiger partial charge >= 0.3 is 0 Å². The van der Waals surface area contributed by atoms with Gasteiger partial charge in [-0.05, 0) is 38.2 Å². The Morgan fingerprint density at radius 1 is 1.35 bits per heavy atom. The van der Waals surface area contributed by atoms with E-state index in [1.165, 1.54) is 0 Å². The van der Waals surface area contributed by atoms with Crippen LogP contribution in [0.1, 0.15) is 43.7 Å². The second-order valence-electron chi connectivity index (χ2n) is 4.65. The van der Waals surface area contributed by atoms with Crippen LogP contribution in [0, 0.1) is 0 Å². The molecule has 1 amide bonds. The molecular weight excluding hydrogens is 270 g/mol. The third kappa shape index (κ3) is 5.41. The number of amides is 1. The third-order valence-corrected chi connectivity index (χ3v) is 3.95. The van der Waals surface area contributed by atoms with Crippen molar-refractivity contribution in [3.63, 3.8) is 0 Å². The standard InChI is InChI=1S/C15H25N3OS/c1-5-13-8-12(9-14(18-13)16-6-2)15(19)17-11(4)10-20-7-3/h8-9,11H,5-7,10H2,1-4H3,(H,16,18)(H,17,19). The lowest BCUT2D eigenvalue weighted by molar-refractivity contribution is 0.0943. The summed E-state index contributed by atoms with van der Waals surface area (Å²) in [4.78, 5) is 16.7. The molecule has 0 bridgehead atoms. The minimum absolute atomic E-state index is 0.0227. The van der Waals surface area contributed by atoms with Crippen molar-refractivity contribution in [2.45, 2.75) is 40.2 Å². The van der Waals surface area contributed by atoms with Crippen molar-refractivity contribution in [3.05, 3.63) is 23.4 Å². The number of rotatable bonds is 8. The highest BCUT2D eigenvalue weighted by atomic mass is 32.2. The Hall–Kier alpha value is -1.23. The second-order valence-corrected chi connectivity index (χ2v) is 5.97. The second kappa shape index (κ2) is 8.84. The van der Waals surface area contributed by atoms with E-state index in [-0.39, 0.29) is 11.9 Å². The molecule has 0 aromatic carbocycles. The van der Waals surface area contributed by atoms with Gasteiger partial charge in [-0.2, -0.15) is 11.8 Å². The number of pyridine rings is 1. The van der Waals surface area contributed by atoms with Crippen molar-refractivity contribution in [3.8, 4) is 0 Å². The van der Waals surface area contributed by atoms with Crippen molar-refractivity contribution in [1.82, 2.24) is 10.3 Å². The first-order chi connectivity index (χ1) is 9.60. The fourth-order valence-corrected chi connectivity index (χ4v) is 2.49. The number of hydrogen-bond donors (Lipinski definition) is 2. The number of nitrogens with zero attached hydrogens (tertiary/aromatic N) is 1. The zero-order valence-electron chi connectivity index (χ0n) is 12.8. The summed E-state index contributed by atoms with van der Waals surface area (Å²) in [6, 6.07) is 3.86. The average Bonchev–Trinajstić information content (AvgIpc) is 2.45. The van der Waals surface area contributed by atoms with Crippen molar-refractivity contribution < 1.29 is 4.79 Å². The lowest BCUT2D eigenvalue weighted by Crippen LogP contribution is -2.34. The van der Waals surface area contributed by atoms with Crippen LogP contribution in [0.2, 0.25) is 0 Å². The first kappa shape index (κ1) is 16.8. The highest BCUT2D eigenvalue weighted by Crippen LogP contribution is 2.12. The van der Waals surface area contributed by atoms with Crippen LogP contribution in [0.4, 0.5) is 5.82 Å². The summed E-state index contributed by atoms with van der Waals surface area (Å²) in [5.74, 6) is 2.76. The fourth-order valence-electron chi connectivity index (χ4n) is 1.82. The minimum Gasteiger partial charge on any atom is -0.370 e. The number of aryl methyl sites for hydroxylation is 1. The number of hydrogen-bond acceptors (Lipinski definition) is 4. The summed E-state index contributed by atoms with van der Waals surface area (Å²) in [5.41, 5.74) is 1.62. The van der Waals surface area contributed by atoms with E-state index in [4.69, 9.17) is 0 Å². The van der Waals surface area contributed by atoms with E-state index >= 15 is 0 Å². The lowest BCUT2D eigenvalue weighted by atomic mass is 10.1. The molecular formula is C15H25N3OS. The van der Waals surface area contributed by atoms with Gasteiger partial charge in [0.05, 0.1) is 0 Å². The average molecular weight is 295 g/mol. The number of anilines is 1. The Bertz CT molecular complexity index is 437. The maximum absolute atomic E-state index is 12.3. The van der Waals surface area contributed by atoms with Crippen LogP contribution in [-0.4, -0.2) is 35.0 Å². The normalized spacial score (nSPS) is 12.0. The van der Waals surface area contributed by atoms with Crippen molar-refractivity contribution >= 4 is 23.5 Å². The quantitative estimate of drug-likeness (QED) is 0.774. The number of carbonyl (C=O) groups is 1. The SMILES string of the molecule is CCNc1cc(C(=O)NC(C)CSCC)cc(CC)n1. The topological polar surface area (TPSA) is 54.0 Å². The van der Waals surface area contributed by atoms with Gasteiger partial charge in [-0.1, -0.05) is 13.8 Å². The summed E-state index contributed by atoms with van der Waals surface area (Å²) < 4.78 is 0. The summed E-state index contributed by atoms with van der Waals surface area (Å²) >= 11 is 1.83. The molecule has 5 heteroatoms. The minimum atomic E-state index is -0.0227. The molecule has 1 atom stereocenters. The fraction of sp³-hybridized carbons (Fsp3) is 0.600. The summed E-state index contributed by atoms with van der Waals surface area (Å²) in [6.45, 7) is 9.01. The van der Waals surface area contributed by atoms with Crippen LogP contribution in [-0.2, 0) is 6.42 Å². The van der Waals surface area contributed by atoms with Gasteiger partial charge in [-0.15, -0.1) is 0 Å². The van der Waals surface area contributed by atoms with Crippen LogP contribution in [0.3, 0.4) is 0 Å². The Morgan fingerprint density at radius 3 is 2.70 bits per heavy atom. The molecule has 0 aliphatic heterocycles. The van der Waals surface area contributed by atoms with E-state index in [0.717, 1.165) is 36.0 Å². The smallest absolute Gasteiger partial charge is 0.251 e. The van der Waals surface area contributed by atoms with Crippen LogP contribution < -0.4 is 10.6 Å². The molecule has 0 fully saturated rings. The van der Waals surface area contributed by atoms with Crippen LogP contribution in [0.5, 0.6) is 0 Å². The first-order valence-corrected chi connectivity index (χ1v) is 8.39. The molecule has 2 N–H and O–H groups in total. The largest absolute Gasteiger partial charge is 0.370 e. The maximum Gasteiger partial charge on any atom is 0.251 e. The van der Waals surface area contributed by atoms with E-state index in [9.17, 15) is 4.79 Å². The monoisotopic (exact) mass is 295 g/mol. The summed E-state index contributed by atoms with van der Waals surface area (Å²) in [5, 5.41) is 6.21. The molecule has 0 aliphatic carbocycles. The van der Waals surface area contributed by atoms with Crippen LogP contribution in [0.25, 0.3) is 0 Å². The highest BCUT2D eigenvalue weighted by Gasteiger charge is 2.12. The molecule has 4 nitrogen and oxygen atoms in total. The molecule has 0 radical (unpaired) electrons. The Kier molecular flexibility index (Phi) is 7.44. The lowest BCUT2D eigenvalue weighted by Gasteiger charge is -2.14. The number of aromatic nitrogens is 1. The van der Waals surface area contributed by atoms with Gasteiger partial charge < -0.3 is 10.6 Å². The van der Waals surface area contributed by atoms with Crippen molar-refractivity contribution in [1.29, 1.82) is 0 Å². The van der Waals surface area contributed by atoms with Crippen LogP contribution >= 0.6 is 11.8 Å². The zero-order valence-corrected chi connectivity index (χ0v) is 13.6. The molecule has 0 aliphatic rings. The molecule has 1 rings (SSSR count). The van der Waals surface area contributed by atoms with E-state index in [1.807, 2.05) is 44.7 Å². The Morgan fingerprint density at radius 2 is 2.10 bits per heavy atom. The van der Waals surface area contributed by atoms with E-state index in [2.05, 4.69) is 22.5 Å². The van der Waals surface area contributed by atoms with Crippen molar-refractivity contribution in [2.24, 2.45) is 0 Å². The maximum atomic E-state index is 12.3. The first-order valence-electron chi connectivity index (χ1n) is 7.24. The van der Waals surface area contributed by atoms with Gasteiger partial charge in [-0.25, -0.2) is 4.98 Å². The molecule has 1 unspecified atom stereocenters. The molecule has 1 heterocycles. The summed E-state index contributed by atoms with van der Waals surface area (Å²) in [7, 11) is 0. The van der Waals surface area contributed by atoms with Gasteiger partial charge in [0.25, 0.3) is 5.91 Å². The van der Waals surface area contributed by atoms with E-state index in [0.29, 0.717) is 5.56 Å². The molecule has 1 aromatic heterocycles. The molecule has 0 saturated carbocycles. The third-order valence-electron chi connectivity index (χ3n) is 2.81. The highest BCUT2D eigenvalue weighted by molar-refractivity contribution is 7.99. The Labute approximate surface area is 126 Å². The number of carbonyl (C=O) groups excluding carboxylic acids is 1. The number of thioether (sulfide) groups is 1. The van der Waals surface area contributed by atoms with E-state index < -0.39 is 0 Å². The van der Waals surface area contributed by atoms with Gasteiger partial charge in [-0.3, -0.25) is 4.79 Å². The van der Waals surface area contributed by atoms with Gasteiger partial charge in [0, 0.05) is 29.6 Å². The molecule has 0 saturated heterocycles. The molecule has 112 valence electrons. The van der Waals surface area contributed by atoms with E-state index in [1.54, 1.807) is 0 Å². The molecule has 0 spiro atoms.